The fourth-order valence-corrected chi connectivity index (χ4v) is 2.65. The molecule has 0 amide bonds. The Balaban J connectivity index is 2.22. The molecule has 0 aliphatic heterocycles. The third-order valence-corrected chi connectivity index (χ3v) is 3.65. The molecule has 0 fully saturated rings. The summed E-state index contributed by atoms with van der Waals surface area (Å²) in [6.07, 6.45) is 1.91. The van der Waals surface area contributed by atoms with Gasteiger partial charge in [-0.2, -0.15) is 4.37 Å². The maximum atomic E-state index is 13.5. The van der Waals surface area contributed by atoms with Gasteiger partial charge in [0.1, 0.15) is 10.9 Å². The van der Waals surface area contributed by atoms with Crippen molar-refractivity contribution in [1.82, 2.24) is 19.3 Å². The highest BCUT2D eigenvalue weighted by molar-refractivity contribution is 8.00. The molecule has 2 aromatic heterocycles. The minimum atomic E-state index is -0.456. The summed E-state index contributed by atoms with van der Waals surface area (Å²) >= 11 is 2.40. The van der Waals surface area contributed by atoms with E-state index in [-0.39, 0.29) is 5.03 Å². The highest BCUT2D eigenvalue weighted by Crippen LogP contribution is 2.29. The summed E-state index contributed by atoms with van der Waals surface area (Å²) in [5, 5.41) is 3.01. The van der Waals surface area contributed by atoms with Crippen LogP contribution in [0.2, 0.25) is 0 Å². The molecule has 0 saturated heterocycles. The second-order valence-electron chi connectivity index (χ2n) is 3.03. The lowest BCUT2D eigenvalue weighted by Crippen LogP contribution is -1.98. The van der Waals surface area contributed by atoms with Gasteiger partial charge in [0.2, 0.25) is 5.95 Å². The largest absolute Gasteiger partial charge is 0.357 e. The van der Waals surface area contributed by atoms with Gasteiger partial charge in [0.15, 0.2) is 10.2 Å². The molecule has 0 saturated carbocycles. The Kier molecular flexibility index (Phi) is 3.85. The number of anilines is 1. The number of aromatic nitrogens is 4. The Labute approximate surface area is 106 Å². The molecule has 2 aromatic rings. The molecule has 0 aromatic carbocycles. The van der Waals surface area contributed by atoms with Crippen molar-refractivity contribution in [3.63, 3.8) is 0 Å². The summed E-state index contributed by atoms with van der Waals surface area (Å²) in [7, 11) is 1.68. The van der Waals surface area contributed by atoms with Crippen molar-refractivity contribution in [3.05, 3.63) is 17.8 Å². The number of nitrogens with zero attached hydrogens (tertiary/aromatic N) is 4. The van der Waals surface area contributed by atoms with Crippen molar-refractivity contribution in [2.75, 3.05) is 12.4 Å². The lowest BCUT2D eigenvalue weighted by Gasteiger charge is -2.01. The number of rotatable bonds is 4. The van der Waals surface area contributed by atoms with Crippen molar-refractivity contribution in [1.29, 1.82) is 0 Å². The number of hydrogen-bond acceptors (Lipinski definition) is 7. The average molecular weight is 271 g/mol. The normalized spacial score (nSPS) is 10.5. The molecule has 0 unspecified atom stereocenters. The van der Waals surface area contributed by atoms with Crippen molar-refractivity contribution in [2.45, 2.75) is 22.7 Å². The van der Waals surface area contributed by atoms with Crippen LogP contribution in [0.1, 0.15) is 12.7 Å². The summed E-state index contributed by atoms with van der Waals surface area (Å²) in [5.74, 6) is 0.692. The highest BCUT2D eigenvalue weighted by atomic mass is 32.2. The van der Waals surface area contributed by atoms with Gasteiger partial charge in [-0.3, -0.25) is 0 Å². The maximum Gasteiger partial charge on any atom is 0.223 e. The van der Waals surface area contributed by atoms with Gasteiger partial charge in [-0.25, -0.2) is 19.3 Å². The minimum absolute atomic E-state index is 0.253. The molecular weight excluding hydrogens is 261 g/mol. The van der Waals surface area contributed by atoms with Crippen LogP contribution >= 0.6 is 23.3 Å². The standard InChI is InChI=1S/C9H10FN5S2/c1-3-6-13-9(17-15-6)16-7-5(10)4-12-8(11-2)14-7/h4H,3H2,1-2H3,(H,11,12,14). The predicted molar refractivity (Wildman–Crippen MR) is 64.9 cm³/mol. The van der Waals surface area contributed by atoms with Crippen molar-refractivity contribution >= 4 is 29.2 Å². The Morgan fingerprint density at radius 1 is 1.47 bits per heavy atom. The van der Waals surface area contributed by atoms with E-state index in [2.05, 4.69) is 24.6 Å². The summed E-state index contributed by atoms with van der Waals surface area (Å²) in [5.41, 5.74) is 0. The lowest BCUT2D eigenvalue weighted by atomic mass is 10.5. The Morgan fingerprint density at radius 3 is 2.94 bits per heavy atom. The molecular formula is C9H10FN5S2. The molecule has 2 heterocycles. The van der Waals surface area contributed by atoms with Crippen LogP contribution in [0.5, 0.6) is 0 Å². The molecule has 0 aliphatic carbocycles. The van der Waals surface area contributed by atoms with Crippen molar-refractivity contribution < 1.29 is 4.39 Å². The zero-order valence-corrected chi connectivity index (χ0v) is 10.9. The molecule has 0 atom stereocenters. The van der Waals surface area contributed by atoms with E-state index in [1.54, 1.807) is 7.05 Å². The average Bonchev–Trinajstić information content (AvgIpc) is 2.80. The molecule has 0 bridgehead atoms. The quantitative estimate of drug-likeness (QED) is 0.860. The van der Waals surface area contributed by atoms with Gasteiger partial charge in [0, 0.05) is 13.5 Å². The van der Waals surface area contributed by atoms with E-state index in [4.69, 9.17) is 0 Å². The monoisotopic (exact) mass is 271 g/mol. The van der Waals surface area contributed by atoms with Gasteiger partial charge >= 0.3 is 0 Å². The van der Waals surface area contributed by atoms with Gasteiger partial charge in [-0.05, 0) is 23.3 Å². The summed E-state index contributed by atoms with van der Waals surface area (Å²) in [6, 6.07) is 0. The van der Waals surface area contributed by atoms with Crippen LogP contribution < -0.4 is 5.32 Å². The second kappa shape index (κ2) is 5.37. The molecule has 17 heavy (non-hydrogen) atoms. The number of hydrogen-bond donors (Lipinski definition) is 1. The number of nitrogens with one attached hydrogen (secondary N) is 1. The van der Waals surface area contributed by atoms with Crippen molar-refractivity contribution in [3.8, 4) is 0 Å². The van der Waals surface area contributed by atoms with Crippen LogP contribution in [-0.2, 0) is 6.42 Å². The van der Waals surface area contributed by atoms with E-state index in [9.17, 15) is 4.39 Å². The third kappa shape index (κ3) is 2.89. The highest BCUT2D eigenvalue weighted by Gasteiger charge is 2.11. The summed E-state index contributed by atoms with van der Waals surface area (Å²) in [4.78, 5) is 12.0. The van der Waals surface area contributed by atoms with E-state index in [0.29, 0.717) is 10.3 Å². The molecule has 5 nitrogen and oxygen atoms in total. The van der Waals surface area contributed by atoms with E-state index in [0.717, 1.165) is 30.2 Å². The Bertz CT molecular complexity index is 516. The molecule has 8 heteroatoms. The van der Waals surface area contributed by atoms with Crippen LogP contribution in [0, 0.1) is 5.82 Å². The molecule has 2 rings (SSSR count). The van der Waals surface area contributed by atoms with Crippen LogP contribution in [0.15, 0.2) is 15.6 Å². The van der Waals surface area contributed by atoms with Crippen LogP contribution in [-0.4, -0.2) is 26.4 Å². The van der Waals surface area contributed by atoms with E-state index in [1.165, 1.54) is 11.5 Å². The minimum Gasteiger partial charge on any atom is -0.357 e. The van der Waals surface area contributed by atoms with Crippen molar-refractivity contribution in [2.24, 2.45) is 0 Å². The first-order valence-electron chi connectivity index (χ1n) is 4.93. The topological polar surface area (TPSA) is 63.6 Å². The van der Waals surface area contributed by atoms with Crippen LogP contribution in [0.25, 0.3) is 0 Å². The van der Waals surface area contributed by atoms with Gasteiger partial charge < -0.3 is 5.32 Å². The SMILES string of the molecule is CCc1nsc(Sc2nc(NC)ncc2F)n1. The smallest absolute Gasteiger partial charge is 0.223 e. The fraction of sp³-hybridized carbons (Fsp3) is 0.333. The Morgan fingerprint density at radius 2 is 2.29 bits per heavy atom. The van der Waals surface area contributed by atoms with Crippen LogP contribution in [0.4, 0.5) is 10.3 Å². The predicted octanol–water partition coefficient (Wildman–Crippen LogP) is 2.22. The van der Waals surface area contributed by atoms with Gasteiger partial charge in [0.05, 0.1) is 6.20 Å². The van der Waals surface area contributed by atoms with Gasteiger partial charge in [-0.15, -0.1) is 0 Å². The fourth-order valence-electron chi connectivity index (χ4n) is 1.05. The van der Waals surface area contributed by atoms with Gasteiger partial charge in [0.25, 0.3) is 0 Å². The van der Waals surface area contributed by atoms with Gasteiger partial charge in [-0.1, -0.05) is 6.92 Å². The zero-order valence-electron chi connectivity index (χ0n) is 9.27. The second-order valence-corrected chi connectivity index (χ2v) is 5.02. The van der Waals surface area contributed by atoms with E-state index < -0.39 is 5.82 Å². The summed E-state index contributed by atoms with van der Waals surface area (Å²) in [6.45, 7) is 1.97. The van der Waals surface area contributed by atoms with E-state index in [1.807, 2.05) is 6.92 Å². The maximum absolute atomic E-state index is 13.5. The first kappa shape index (κ1) is 12.2. The first-order chi connectivity index (χ1) is 8.22. The summed E-state index contributed by atoms with van der Waals surface area (Å²) < 4.78 is 18.3. The molecule has 90 valence electrons. The number of aryl methyl sites for hydroxylation is 1. The zero-order chi connectivity index (χ0) is 12.3. The Hall–Kier alpha value is -1.28. The molecule has 1 N–H and O–H groups in total. The first-order valence-corrected chi connectivity index (χ1v) is 6.52. The third-order valence-electron chi connectivity index (χ3n) is 1.89. The van der Waals surface area contributed by atoms with Crippen LogP contribution in [0.3, 0.4) is 0 Å². The molecule has 0 aliphatic rings. The lowest BCUT2D eigenvalue weighted by molar-refractivity contribution is 0.580. The molecule has 0 radical (unpaired) electrons. The number of halogens is 1. The van der Waals surface area contributed by atoms with E-state index >= 15 is 0 Å². The molecule has 0 spiro atoms.